The van der Waals surface area contributed by atoms with Gasteiger partial charge in [0.1, 0.15) is 11.5 Å². The van der Waals surface area contributed by atoms with E-state index in [0.29, 0.717) is 25.7 Å². The Morgan fingerprint density at radius 1 is 1.12 bits per heavy atom. The zero-order valence-corrected chi connectivity index (χ0v) is 15.2. The molecule has 1 aliphatic carbocycles. The van der Waals surface area contributed by atoms with Crippen molar-refractivity contribution in [1.29, 1.82) is 0 Å². The second-order valence-electron chi connectivity index (χ2n) is 7.13. The number of rotatable bonds is 7. The molecule has 0 N–H and O–H groups in total. The van der Waals surface area contributed by atoms with Crippen molar-refractivity contribution >= 4 is 5.91 Å². The summed E-state index contributed by atoms with van der Waals surface area (Å²) in [6.45, 7) is 3.81. The number of hydrogen-bond donors (Lipinski definition) is 0. The lowest BCUT2D eigenvalue weighted by Gasteiger charge is -2.25. The molecular formula is C20H24N2O4. The Hall–Kier alpha value is -2.47. The molecule has 2 aromatic rings. The van der Waals surface area contributed by atoms with Crippen LogP contribution in [0.3, 0.4) is 0 Å². The molecular weight excluding hydrogens is 332 g/mol. The van der Waals surface area contributed by atoms with E-state index < -0.39 is 0 Å². The number of furan rings is 1. The van der Waals surface area contributed by atoms with Gasteiger partial charge >= 0.3 is 0 Å². The number of benzene rings is 1. The van der Waals surface area contributed by atoms with E-state index in [1.807, 2.05) is 54.1 Å². The van der Waals surface area contributed by atoms with Crippen LogP contribution in [0.25, 0.3) is 0 Å². The van der Waals surface area contributed by atoms with Gasteiger partial charge in [-0.15, -0.1) is 0 Å². The van der Waals surface area contributed by atoms with Gasteiger partial charge in [0.25, 0.3) is 0 Å². The first-order valence-corrected chi connectivity index (χ1v) is 9.00. The molecule has 0 spiro atoms. The Morgan fingerprint density at radius 3 is 2.65 bits per heavy atom. The van der Waals surface area contributed by atoms with Crippen molar-refractivity contribution in [2.45, 2.75) is 38.9 Å². The summed E-state index contributed by atoms with van der Waals surface area (Å²) in [6.07, 6.45) is 2.16. The maximum Gasteiger partial charge on any atom is 0.237 e. The second kappa shape index (κ2) is 7.03. The normalized spacial score (nSPS) is 15.5. The molecule has 2 aliphatic rings. The monoisotopic (exact) mass is 356 g/mol. The van der Waals surface area contributed by atoms with E-state index in [1.165, 1.54) is 0 Å². The van der Waals surface area contributed by atoms with Crippen LogP contribution in [0, 0.1) is 6.92 Å². The molecule has 1 aromatic heterocycles. The van der Waals surface area contributed by atoms with Crippen LogP contribution in [-0.4, -0.2) is 42.1 Å². The van der Waals surface area contributed by atoms with Crippen molar-refractivity contribution in [1.82, 2.24) is 9.80 Å². The number of aryl methyl sites for hydroxylation is 1. The number of carbonyl (C=O) groups is 1. The highest BCUT2D eigenvalue weighted by Gasteiger charge is 2.33. The average Bonchev–Trinajstić information content (AvgIpc) is 3.19. The quantitative estimate of drug-likeness (QED) is 0.763. The summed E-state index contributed by atoms with van der Waals surface area (Å²) >= 11 is 0. The minimum Gasteiger partial charge on any atom is -0.464 e. The largest absolute Gasteiger partial charge is 0.464 e. The van der Waals surface area contributed by atoms with E-state index in [-0.39, 0.29) is 12.7 Å². The van der Waals surface area contributed by atoms with Crippen molar-refractivity contribution in [2.24, 2.45) is 0 Å². The summed E-state index contributed by atoms with van der Waals surface area (Å²) in [5, 5.41) is 0. The number of ether oxygens (including phenoxy) is 2. The van der Waals surface area contributed by atoms with E-state index in [4.69, 9.17) is 13.9 Å². The molecule has 6 heteroatoms. The Morgan fingerprint density at radius 2 is 1.92 bits per heavy atom. The molecule has 138 valence electrons. The standard InChI is InChI=1S/C20H24N2O4/c1-14-3-7-17(26-14)11-22(16-5-6-16)20(23)12-21(2)10-15-4-8-18-19(9-15)25-13-24-18/h3-4,7-9,16H,5-6,10-13H2,1-2H3. The predicted octanol–water partition coefficient (Wildman–Crippen LogP) is 2.94. The molecule has 1 saturated carbocycles. The highest BCUT2D eigenvalue weighted by Crippen LogP contribution is 2.33. The zero-order valence-electron chi connectivity index (χ0n) is 15.2. The summed E-state index contributed by atoms with van der Waals surface area (Å²) in [5.74, 6) is 3.42. The van der Waals surface area contributed by atoms with E-state index in [9.17, 15) is 4.79 Å². The van der Waals surface area contributed by atoms with Gasteiger partial charge in [-0.3, -0.25) is 9.69 Å². The van der Waals surface area contributed by atoms with Crippen molar-refractivity contribution in [2.75, 3.05) is 20.4 Å². The van der Waals surface area contributed by atoms with Crippen LogP contribution < -0.4 is 9.47 Å². The van der Waals surface area contributed by atoms with Crippen LogP contribution in [0.5, 0.6) is 11.5 Å². The van der Waals surface area contributed by atoms with Crippen LogP contribution >= 0.6 is 0 Å². The average molecular weight is 356 g/mol. The highest BCUT2D eigenvalue weighted by molar-refractivity contribution is 5.78. The van der Waals surface area contributed by atoms with E-state index in [0.717, 1.165) is 41.4 Å². The minimum atomic E-state index is 0.143. The second-order valence-corrected chi connectivity index (χ2v) is 7.13. The van der Waals surface area contributed by atoms with Crippen LogP contribution in [0.15, 0.2) is 34.7 Å². The first kappa shape index (κ1) is 17.0. The van der Waals surface area contributed by atoms with Crippen LogP contribution in [0.4, 0.5) is 0 Å². The van der Waals surface area contributed by atoms with Crippen LogP contribution in [-0.2, 0) is 17.9 Å². The molecule has 1 amide bonds. The highest BCUT2D eigenvalue weighted by atomic mass is 16.7. The summed E-state index contributed by atoms with van der Waals surface area (Å²) in [7, 11) is 1.96. The first-order valence-electron chi connectivity index (χ1n) is 9.00. The third kappa shape index (κ3) is 3.85. The lowest BCUT2D eigenvalue weighted by Crippen LogP contribution is -2.39. The predicted molar refractivity (Wildman–Crippen MR) is 95.9 cm³/mol. The number of carbonyl (C=O) groups excluding carboxylic acids is 1. The molecule has 0 radical (unpaired) electrons. The van der Waals surface area contributed by atoms with Gasteiger partial charge in [-0.1, -0.05) is 6.07 Å². The molecule has 26 heavy (non-hydrogen) atoms. The smallest absolute Gasteiger partial charge is 0.237 e. The summed E-state index contributed by atoms with van der Waals surface area (Å²) in [6, 6.07) is 10.2. The maximum atomic E-state index is 12.8. The Labute approximate surface area is 153 Å². The van der Waals surface area contributed by atoms with E-state index >= 15 is 0 Å². The number of hydrogen-bond acceptors (Lipinski definition) is 5. The molecule has 0 unspecified atom stereocenters. The molecule has 0 bridgehead atoms. The van der Waals surface area contributed by atoms with Gasteiger partial charge in [0, 0.05) is 12.6 Å². The fourth-order valence-electron chi connectivity index (χ4n) is 3.27. The lowest BCUT2D eigenvalue weighted by atomic mass is 10.2. The first-order chi connectivity index (χ1) is 12.6. The van der Waals surface area contributed by atoms with Crippen LogP contribution in [0.1, 0.15) is 29.9 Å². The van der Waals surface area contributed by atoms with Crippen molar-refractivity contribution in [3.8, 4) is 11.5 Å². The number of fused-ring (bicyclic) bond motifs is 1. The van der Waals surface area contributed by atoms with Crippen molar-refractivity contribution in [3.05, 3.63) is 47.4 Å². The lowest BCUT2D eigenvalue weighted by molar-refractivity contribution is -0.133. The number of nitrogens with zero attached hydrogens (tertiary/aromatic N) is 2. The summed E-state index contributed by atoms with van der Waals surface area (Å²) in [4.78, 5) is 16.8. The van der Waals surface area contributed by atoms with Gasteiger partial charge in [0.05, 0.1) is 13.1 Å². The molecule has 4 rings (SSSR count). The van der Waals surface area contributed by atoms with Crippen molar-refractivity contribution in [3.63, 3.8) is 0 Å². The zero-order chi connectivity index (χ0) is 18.1. The van der Waals surface area contributed by atoms with Gasteiger partial charge in [0.15, 0.2) is 11.5 Å². The molecule has 2 heterocycles. The minimum absolute atomic E-state index is 0.143. The molecule has 1 aromatic carbocycles. The van der Waals surface area contributed by atoms with Crippen LogP contribution in [0.2, 0.25) is 0 Å². The van der Waals surface area contributed by atoms with Gasteiger partial charge in [0.2, 0.25) is 12.7 Å². The molecule has 0 atom stereocenters. The van der Waals surface area contributed by atoms with Crippen molar-refractivity contribution < 1.29 is 18.7 Å². The third-order valence-electron chi connectivity index (χ3n) is 4.72. The summed E-state index contributed by atoms with van der Waals surface area (Å²) < 4.78 is 16.4. The molecule has 0 saturated heterocycles. The van der Waals surface area contributed by atoms with E-state index in [1.54, 1.807) is 0 Å². The van der Waals surface area contributed by atoms with Gasteiger partial charge in [-0.2, -0.15) is 0 Å². The Bertz CT molecular complexity index is 797. The SMILES string of the molecule is Cc1ccc(CN(C(=O)CN(C)Cc2ccc3c(c2)OCO3)C2CC2)o1. The van der Waals surface area contributed by atoms with Gasteiger partial charge in [-0.25, -0.2) is 0 Å². The van der Waals surface area contributed by atoms with E-state index in [2.05, 4.69) is 0 Å². The fourth-order valence-corrected chi connectivity index (χ4v) is 3.27. The Balaban J connectivity index is 1.36. The molecule has 6 nitrogen and oxygen atoms in total. The number of likely N-dealkylation sites (N-methyl/N-ethyl adjacent to an activating group) is 1. The molecule has 1 aliphatic heterocycles. The third-order valence-corrected chi connectivity index (χ3v) is 4.72. The summed E-state index contributed by atoms with van der Waals surface area (Å²) in [5.41, 5.74) is 1.10. The fraction of sp³-hybridized carbons (Fsp3) is 0.450. The topological polar surface area (TPSA) is 55.2 Å². The Kier molecular flexibility index (Phi) is 4.59. The van der Waals surface area contributed by atoms with Gasteiger partial charge in [-0.05, 0) is 56.6 Å². The maximum absolute atomic E-state index is 12.8. The number of amides is 1. The molecule has 1 fully saturated rings. The van der Waals surface area contributed by atoms with Gasteiger partial charge < -0.3 is 18.8 Å².